The maximum absolute atomic E-state index is 11.9. The smallest absolute Gasteiger partial charge is 0.319 e. The predicted molar refractivity (Wildman–Crippen MR) is 88.3 cm³/mol. The summed E-state index contributed by atoms with van der Waals surface area (Å²) in [6.07, 6.45) is 3.14. The highest BCUT2D eigenvalue weighted by molar-refractivity contribution is 5.88. The molecule has 24 heavy (non-hydrogen) atoms. The molecule has 2 aromatic rings. The summed E-state index contributed by atoms with van der Waals surface area (Å²) >= 11 is 0. The normalized spacial score (nSPS) is 15.9. The highest BCUT2D eigenvalue weighted by atomic mass is 16.7. The van der Waals surface area contributed by atoms with E-state index in [2.05, 4.69) is 20.6 Å². The topological polar surface area (TPSA) is 85.4 Å². The number of urea groups is 1. The predicted octanol–water partition coefficient (Wildman–Crippen LogP) is 2.33. The fraction of sp³-hybridized carbons (Fsp3) is 0.353. The molecule has 7 heteroatoms. The maximum atomic E-state index is 11.9. The average Bonchev–Trinajstić information content (AvgIpc) is 3.03. The van der Waals surface area contributed by atoms with Crippen LogP contribution in [0.25, 0.3) is 0 Å². The maximum Gasteiger partial charge on any atom is 0.319 e. The Balaban J connectivity index is 1.58. The number of benzene rings is 1. The first-order valence-electron chi connectivity index (χ1n) is 7.76. The molecule has 1 aromatic heterocycles. The number of aryl methyl sites for hydroxylation is 1. The monoisotopic (exact) mass is 328 g/mol. The fourth-order valence-corrected chi connectivity index (χ4v) is 2.46. The number of nitrogens with one attached hydrogen (secondary N) is 2. The number of ether oxygens (including phenoxy) is 2. The van der Waals surface area contributed by atoms with Crippen molar-refractivity contribution in [3.05, 3.63) is 53.6 Å². The molecule has 0 aliphatic carbocycles. The van der Waals surface area contributed by atoms with Gasteiger partial charge in [0.25, 0.3) is 0 Å². The minimum Gasteiger partial charge on any atom is -0.344 e. The average molecular weight is 328 g/mol. The molecule has 1 saturated heterocycles. The van der Waals surface area contributed by atoms with Gasteiger partial charge in [-0.15, -0.1) is 0 Å². The molecular weight excluding hydrogens is 308 g/mol. The number of carbonyl (C=O) groups is 1. The van der Waals surface area contributed by atoms with Crippen LogP contribution in [0, 0.1) is 6.92 Å². The van der Waals surface area contributed by atoms with E-state index in [0.29, 0.717) is 31.3 Å². The van der Waals surface area contributed by atoms with E-state index in [1.165, 1.54) is 0 Å². The van der Waals surface area contributed by atoms with Crippen LogP contribution in [0.15, 0.2) is 36.7 Å². The van der Waals surface area contributed by atoms with Gasteiger partial charge in [-0.3, -0.25) is 0 Å². The van der Waals surface area contributed by atoms with E-state index in [-0.39, 0.29) is 6.03 Å². The third-order valence-electron chi connectivity index (χ3n) is 3.78. The third-order valence-corrected chi connectivity index (χ3v) is 3.78. The van der Waals surface area contributed by atoms with Crippen molar-refractivity contribution in [3.8, 4) is 0 Å². The lowest BCUT2D eigenvalue weighted by molar-refractivity contribution is -0.149. The van der Waals surface area contributed by atoms with Gasteiger partial charge in [-0.05, 0) is 25.5 Å². The van der Waals surface area contributed by atoms with Gasteiger partial charge >= 0.3 is 6.03 Å². The number of aromatic nitrogens is 2. The highest BCUT2D eigenvalue weighted by Crippen LogP contribution is 2.31. The van der Waals surface area contributed by atoms with Crippen molar-refractivity contribution in [2.75, 3.05) is 18.5 Å². The van der Waals surface area contributed by atoms with Crippen LogP contribution in [0.2, 0.25) is 0 Å². The van der Waals surface area contributed by atoms with Gasteiger partial charge < -0.3 is 20.1 Å². The summed E-state index contributed by atoms with van der Waals surface area (Å²) in [4.78, 5) is 20.0. The number of nitrogens with zero attached hydrogens (tertiary/aromatic N) is 2. The first-order valence-corrected chi connectivity index (χ1v) is 7.76. The molecule has 2 N–H and O–H groups in total. The van der Waals surface area contributed by atoms with Gasteiger partial charge in [-0.25, -0.2) is 14.8 Å². The van der Waals surface area contributed by atoms with E-state index in [4.69, 9.17) is 9.47 Å². The lowest BCUT2D eigenvalue weighted by atomic mass is 10.0. The van der Waals surface area contributed by atoms with Crippen LogP contribution in [0.3, 0.4) is 0 Å². The second-order valence-corrected chi connectivity index (χ2v) is 5.67. The van der Waals surface area contributed by atoms with Crippen molar-refractivity contribution >= 4 is 11.7 Å². The zero-order valence-electron chi connectivity index (χ0n) is 13.7. The second-order valence-electron chi connectivity index (χ2n) is 5.67. The molecular formula is C17H20N4O3. The van der Waals surface area contributed by atoms with E-state index >= 15 is 0 Å². The molecule has 0 atom stereocenters. The first kappa shape index (κ1) is 16.4. The third kappa shape index (κ3) is 3.87. The largest absolute Gasteiger partial charge is 0.344 e. The molecule has 2 amide bonds. The van der Waals surface area contributed by atoms with Crippen molar-refractivity contribution in [2.45, 2.75) is 26.2 Å². The molecule has 126 valence electrons. The Bertz CT molecular complexity index is 712. The fourth-order valence-electron chi connectivity index (χ4n) is 2.46. The van der Waals surface area contributed by atoms with Crippen LogP contribution >= 0.6 is 0 Å². The van der Waals surface area contributed by atoms with Crippen molar-refractivity contribution in [2.24, 2.45) is 0 Å². The Morgan fingerprint density at radius 3 is 2.67 bits per heavy atom. The summed E-state index contributed by atoms with van der Waals surface area (Å²) in [5.74, 6) is -0.0556. The van der Waals surface area contributed by atoms with E-state index in [9.17, 15) is 4.79 Å². The zero-order valence-corrected chi connectivity index (χ0v) is 13.7. The highest BCUT2D eigenvalue weighted by Gasteiger charge is 2.33. The number of carbonyl (C=O) groups excluding carboxylic acids is 1. The molecule has 2 heterocycles. The summed E-state index contributed by atoms with van der Waals surface area (Å²) < 4.78 is 11.3. The Kier molecular flexibility index (Phi) is 4.73. The van der Waals surface area contributed by atoms with Gasteiger partial charge in [0.1, 0.15) is 5.82 Å². The molecule has 1 aliphatic heterocycles. The molecule has 0 spiro atoms. The van der Waals surface area contributed by atoms with Gasteiger partial charge in [0, 0.05) is 12.1 Å². The number of anilines is 1. The summed E-state index contributed by atoms with van der Waals surface area (Å²) in [6.45, 7) is 5.24. The molecule has 1 aliphatic rings. The van der Waals surface area contributed by atoms with Crippen LogP contribution in [0.5, 0.6) is 0 Å². The standard InChI is InChI=1S/C17H20N4O3/c1-12-18-10-15(11-19-12)21-16(22)20-9-13-4-3-5-14(8-13)17(2)23-6-7-24-17/h3-5,8,10-11H,6-7,9H2,1-2H3,(H2,20,21,22). The zero-order chi connectivity index (χ0) is 17.0. The van der Waals surface area contributed by atoms with E-state index in [1.807, 2.05) is 31.2 Å². The molecule has 3 rings (SSSR count). The Hall–Kier alpha value is -2.51. The minimum absolute atomic E-state index is 0.313. The Labute approximate surface area is 140 Å². The lowest BCUT2D eigenvalue weighted by Gasteiger charge is -2.23. The Morgan fingerprint density at radius 1 is 1.25 bits per heavy atom. The molecule has 0 bridgehead atoms. The lowest BCUT2D eigenvalue weighted by Crippen LogP contribution is -2.28. The van der Waals surface area contributed by atoms with Crippen molar-refractivity contribution < 1.29 is 14.3 Å². The van der Waals surface area contributed by atoms with Crippen LogP contribution in [-0.4, -0.2) is 29.2 Å². The van der Waals surface area contributed by atoms with Gasteiger partial charge in [0.15, 0.2) is 5.79 Å². The van der Waals surface area contributed by atoms with Crippen molar-refractivity contribution in [1.82, 2.24) is 15.3 Å². The first-order chi connectivity index (χ1) is 11.5. The van der Waals surface area contributed by atoms with Crippen LogP contribution < -0.4 is 10.6 Å². The number of hydrogen-bond donors (Lipinski definition) is 2. The summed E-state index contributed by atoms with van der Waals surface area (Å²) in [7, 11) is 0. The summed E-state index contributed by atoms with van der Waals surface area (Å²) in [5, 5.41) is 5.50. The van der Waals surface area contributed by atoms with E-state index < -0.39 is 5.79 Å². The van der Waals surface area contributed by atoms with Crippen LogP contribution in [0.4, 0.5) is 10.5 Å². The number of rotatable bonds is 4. The van der Waals surface area contributed by atoms with Crippen molar-refractivity contribution in [1.29, 1.82) is 0 Å². The SMILES string of the molecule is Cc1ncc(NC(=O)NCc2cccc(C3(C)OCCO3)c2)cn1. The van der Waals surface area contributed by atoms with Gasteiger partial charge in [-0.2, -0.15) is 0 Å². The molecule has 0 radical (unpaired) electrons. The number of hydrogen-bond acceptors (Lipinski definition) is 5. The van der Waals surface area contributed by atoms with Crippen LogP contribution in [0.1, 0.15) is 23.9 Å². The van der Waals surface area contributed by atoms with Crippen LogP contribution in [-0.2, 0) is 21.8 Å². The van der Waals surface area contributed by atoms with Gasteiger partial charge in [0.05, 0.1) is 31.3 Å². The minimum atomic E-state index is -0.711. The summed E-state index contributed by atoms with van der Waals surface area (Å²) in [6, 6.07) is 7.48. The summed E-state index contributed by atoms with van der Waals surface area (Å²) in [5.41, 5.74) is 2.45. The molecule has 1 fully saturated rings. The quantitative estimate of drug-likeness (QED) is 0.900. The van der Waals surface area contributed by atoms with Crippen molar-refractivity contribution in [3.63, 3.8) is 0 Å². The Morgan fingerprint density at radius 2 is 1.96 bits per heavy atom. The van der Waals surface area contributed by atoms with Gasteiger partial charge in [0.2, 0.25) is 0 Å². The molecule has 1 aromatic carbocycles. The molecule has 7 nitrogen and oxygen atoms in total. The van der Waals surface area contributed by atoms with Gasteiger partial charge in [-0.1, -0.05) is 18.2 Å². The number of amides is 2. The molecule has 0 saturated carbocycles. The second kappa shape index (κ2) is 6.94. The van der Waals surface area contributed by atoms with E-state index in [0.717, 1.165) is 11.1 Å². The van der Waals surface area contributed by atoms with E-state index in [1.54, 1.807) is 19.3 Å². The molecule has 0 unspecified atom stereocenters.